The van der Waals surface area contributed by atoms with Crippen LogP contribution in [0.25, 0.3) is 10.9 Å². The zero-order valence-electron chi connectivity index (χ0n) is 10.5. The number of pyridine rings is 1. The van der Waals surface area contributed by atoms with Crippen molar-refractivity contribution in [1.29, 1.82) is 0 Å². The Balaban J connectivity index is 2.35. The molecule has 0 spiro atoms. The molecule has 0 amide bonds. The molecule has 0 aliphatic heterocycles. The predicted molar refractivity (Wildman–Crippen MR) is 75.6 cm³/mol. The summed E-state index contributed by atoms with van der Waals surface area (Å²) in [5, 5.41) is 1.49. The topological polar surface area (TPSA) is 32.9 Å². The summed E-state index contributed by atoms with van der Waals surface area (Å²) in [6, 6.07) is 3.78. The fraction of sp³-hybridized carbons (Fsp3) is 0.400. The first-order chi connectivity index (χ1) is 8.66. The molecule has 1 N–H and O–H groups in total. The lowest BCUT2D eigenvalue weighted by Crippen LogP contribution is -2.14. The zero-order valence-corrected chi connectivity index (χ0v) is 11.2. The molecule has 0 saturated heterocycles. The van der Waals surface area contributed by atoms with Crippen LogP contribution in [-0.4, -0.2) is 4.98 Å². The van der Waals surface area contributed by atoms with Crippen molar-refractivity contribution in [3.8, 4) is 0 Å². The fourth-order valence-electron chi connectivity index (χ4n) is 2.77. The van der Waals surface area contributed by atoms with Crippen LogP contribution in [0.3, 0.4) is 0 Å². The number of fused-ring (bicyclic) bond motifs is 2. The van der Waals surface area contributed by atoms with Crippen LogP contribution < -0.4 is 5.43 Å². The van der Waals surface area contributed by atoms with Crippen molar-refractivity contribution in [3.05, 3.63) is 44.2 Å². The lowest BCUT2D eigenvalue weighted by Gasteiger charge is -2.09. The van der Waals surface area contributed by atoms with Crippen molar-refractivity contribution in [2.75, 3.05) is 0 Å². The van der Waals surface area contributed by atoms with E-state index >= 15 is 0 Å². The van der Waals surface area contributed by atoms with Crippen molar-refractivity contribution in [2.24, 2.45) is 0 Å². The monoisotopic (exact) mass is 261 g/mol. The molecule has 0 fully saturated rings. The minimum absolute atomic E-state index is 0.195. The molecule has 94 valence electrons. The standard InChI is InChI=1S/C15H16ClNO/c1-9-7-11-14(8-12(9)16)17-13-6-4-2-3-5-10(13)15(11)18/h7-8H,2-6H2,1H3,(H,17,18). The number of aromatic nitrogens is 1. The van der Waals surface area contributed by atoms with E-state index in [4.69, 9.17) is 11.6 Å². The summed E-state index contributed by atoms with van der Waals surface area (Å²) in [4.78, 5) is 15.9. The SMILES string of the molecule is Cc1cc2c(=O)c3c([nH]c2cc1Cl)CCCCC3. The third kappa shape index (κ3) is 1.85. The van der Waals surface area contributed by atoms with Crippen LogP contribution in [0, 0.1) is 6.92 Å². The summed E-state index contributed by atoms with van der Waals surface area (Å²) in [7, 11) is 0. The van der Waals surface area contributed by atoms with Gasteiger partial charge in [0.1, 0.15) is 0 Å². The highest BCUT2D eigenvalue weighted by atomic mass is 35.5. The maximum atomic E-state index is 12.5. The molecular formula is C15H16ClNO. The summed E-state index contributed by atoms with van der Waals surface area (Å²) in [6.45, 7) is 1.94. The average molecular weight is 262 g/mol. The summed E-state index contributed by atoms with van der Waals surface area (Å²) in [5.41, 5.74) is 4.13. The van der Waals surface area contributed by atoms with Crippen LogP contribution in [0.1, 0.15) is 36.1 Å². The first kappa shape index (κ1) is 11.8. The van der Waals surface area contributed by atoms with Gasteiger partial charge in [0, 0.05) is 21.7 Å². The molecule has 1 aliphatic rings. The maximum Gasteiger partial charge on any atom is 0.192 e. The molecule has 0 bridgehead atoms. The van der Waals surface area contributed by atoms with Crippen molar-refractivity contribution < 1.29 is 0 Å². The Morgan fingerprint density at radius 2 is 1.94 bits per heavy atom. The Morgan fingerprint density at radius 1 is 1.17 bits per heavy atom. The molecule has 0 unspecified atom stereocenters. The molecule has 0 radical (unpaired) electrons. The number of nitrogens with one attached hydrogen (secondary N) is 1. The van der Waals surface area contributed by atoms with E-state index < -0.39 is 0 Å². The van der Waals surface area contributed by atoms with Crippen LogP contribution in [-0.2, 0) is 12.8 Å². The van der Waals surface area contributed by atoms with E-state index in [0.29, 0.717) is 5.02 Å². The zero-order chi connectivity index (χ0) is 12.7. The fourth-order valence-corrected chi connectivity index (χ4v) is 2.93. The van der Waals surface area contributed by atoms with Crippen molar-refractivity contribution in [2.45, 2.75) is 39.0 Å². The molecule has 2 aromatic rings. The minimum atomic E-state index is 0.195. The third-order valence-corrected chi connectivity index (χ3v) is 4.23. The van der Waals surface area contributed by atoms with Crippen molar-refractivity contribution in [1.82, 2.24) is 4.98 Å². The summed E-state index contributed by atoms with van der Waals surface area (Å²) in [6.07, 6.45) is 5.37. The summed E-state index contributed by atoms with van der Waals surface area (Å²) in [5.74, 6) is 0. The second-order valence-electron chi connectivity index (χ2n) is 5.12. The van der Waals surface area contributed by atoms with Gasteiger partial charge >= 0.3 is 0 Å². The van der Waals surface area contributed by atoms with Gasteiger partial charge in [0.05, 0.1) is 5.52 Å². The van der Waals surface area contributed by atoms with Gasteiger partial charge in [0.25, 0.3) is 0 Å². The van der Waals surface area contributed by atoms with Crippen molar-refractivity contribution >= 4 is 22.5 Å². The van der Waals surface area contributed by atoms with E-state index in [1.165, 1.54) is 6.42 Å². The second-order valence-corrected chi connectivity index (χ2v) is 5.53. The Bertz CT molecular complexity index is 672. The first-order valence-corrected chi connectivity index (χ1v) is 6.88. The van der Waals surface area contributed by atoms with E-state index in [1.807, 2.05) is 19.1 Å². The molecule has 3 heteroatoms. The normalized spacial score (nSPS) is 15.4. The Kier molecular flexibility index (Phi) is 2.90. The summed E-state index contributed by atoms with van der Waals surface area (Å²) < 4.78 is 0. The molecule has 3 rings (SSSR count). The van der Waals surface area contributed by atoms with Gasteiger partial charge in [-0.25, -0.2) is 0 Å². The Hall–Kier alpha value is -1.28. The highest BCUT2D eigenvalue weighted by molar-refractivity contribution is 6.32. The quantitative estimate of drug-likeness (QED) is 0.720. The number of halogens is 1. The molecule has 1 heterocycles. The van der Waals surface area contributed by atoms with E-state index in [-0.39, 0.29) is 5.43 Å². The summed E-state index contributed by atoms with van der Waals surface area (Å²) >= 11 is 6.13. The maximum absolute atomic E-state index is 12.5. The second kappa shape index (κ2) is 4.43. The van der Waals surface area contributed by atoms with E-state index in [9.17, 15) is 4.79 Å². The number of benzene rings is 1. The van der Waals surface area contributed by atoms with Gasteiger partial charge < -0.3 is 4.98 Å². The number of rotatable bonds is 0. The van der Waals surface area contributed by atoms with Gasteiger partial charge in [-0.3, -0.25) is 4.79 Å². The number of hydrogen-bond donors (Lipinski definition) is 1. The van der Waals surface area contributed by atoms with Gasteiger partial charge in [-0.05, 0) is 50.3 Å². The lowest BCUT2D eigenvalue weighted by atomic mass is 10.0. The molecule has 1 aromatic carbocycles. The van der Waals surface area contributed by atoms with E-state index in [0.717, 1.165) is 53.4 Å². The van der Waals surface area contributed by atoms with Crippen molar-refractivity contribution in [3.63, 3.8) is 0 Å². The molecule has 1 aromatic heterocycles. The van der Waals surface area contributed by atoms with Crippen LogP contribution in [0.15, 0.2) is 16.9 Å². The number of H-pyrrole nitrogens is 1. The molecule has 2 nitrogen and oxygen atoms in total. The van der Waals surface area contributed by atoms with Crippen LogP contribution in [0.4, 0.5) is 0 Å². The number of hydrogen-bond acceptors (Lipinski definition) is 1. The molecule has 1 aliphatic carbocycles. The Labute approximate surface area is 111 Å². The molecular weight excluding hydrogens is 246 g/mol. The lowest BCUT2D eigenvalue weighted by molar-refractivity contribution is 0.708. The third-order valence-electron chi connectivity index (χ3n) is 3.82. The number of aryl methyl sites for hydroxylation is 2. The van der Waals surface area contributed by atoms with Gasteiger partial charge in [-0.2, -0.15) is 0 Å². The van der Waals surface area contributed by atoms with Crippen LogP contribution >= 0.6 is 11.6 Å². The Morgan fingerprint density at radius 3 is 2.78 bits per heavy atom. The number of aromatic amines is 1. The molecule has 0 atom stereocenters. The van der Waals surface area contributed by atoms with Gasteiger partial charge in [0.2, 0.25) is 0 Å². The largest absolute Gasteiger partial charge is 0.358 e. The smallest absolute Gasteiger partial charge is 0.192 e. The van der Waals surface area contributed by atoms with Crippen LogP contribution in [0.5, 0.6) is 0 Å². The predicted octanol–water partition coefficient (Wildman–Crippen LogP) is 3.76. The first-order valence-electron chi connectivity index (χ1n) is 6.50. The van der Waals surface area contributed by atoms with E-state index in [1.54, 1.807) is 0 Å². The highest BCUT2D eigenvalue weighted by Gasteiger charge is 2.15. The minimum Gasteiger partial charge on any atom is -0.358 e. The van der Waals surface area contributed by atoms with Gasteiger partial charge in [0.15, 0.2) is 5.43 Å². The van der Waals surface area contributed by atoms with Crippen LogP contribution in [0.2, 0.25) is 5.02 Å². The van der Waals surface area contributed by atoms with Gasteiger partial charge in [-0.15, -0.1) is 0 Å². The molecule has 18 heavy (non-hydrogen) atoms. The van der Waals surface area contributed by atoms with Gasteiger partial charge in [-0.1, -0.05) is 18.0 Å². The average Bonchev–Trinajstić information content (AvgIpc) is 2.58. The van der Waals surface area contributed by atoms with E-state index in [2.05, 4.69) is 4.98 Å². The highest BCUT2D eigenvalue weighted by Crippen LogP contribution is 2.24. The molecule has 0 saturated carbocycles.